The molecular weight excluding hydrogens is 217 g/mol. The van der Waals surface area contributed by atoms with Crippen molar-refractivity contribution in [1.82, 2.24) is 0 Å². The highest BCUT2D eigenvalue weighted by Gasteiger charge is 2.07. The Morgan fingerprint density at radius 3 is 2.62 bits per heavy atom. The van der Waals surface area contributed by atoms with Crippen LogP contribution in [0.3, 0.4) is 0 Å². The first kappa shape index (κ1) is 12.1. The summed E-state index contributed by atoms with van der Waals surface area (Å²) in [5.74, 6) is -2.51. The monoisotopic (exact) mass is 227 g/mol. The van der Waals surface area contributed by atoms with Gasteiger partial charge in [0, 0.05) is 11.1 Å². The maximum atomic E-state index is 13.3. The third kappa shape index (κ3) is 3.32. The number of amides is 1. The number of rotatable bonds is 5. The molecule has 0 bridgehead atoms. The third-order valence-corrected chi connectivity index (χ3v) is 1.82. The maximum absolute atomic E-state index is 13.3. The zero-order valence-corrected chi connectivity index (χ0v) is 8.27. The summed E-state index contributed by atoms with van der Waals surface area (Å²) < 4.78 is 18.0. The minimum atomic E-state index is -1.13. The number of hydrogen-bond donors (Lipinski definition) is 2. The van der Waals surface area contributed by atoms with E-state index in [9.17, 15) is 14.0 Å². The molecule has 6 heteroatoms. The lowest BCUT2D eigenvalue weighted by atomic mass is 10.1. The summed E-state index contributed by atoms with van der Waals surface area (Å²) in [6, 6.07) is 3.67. The van der Waals surface area contributed by atoms with E-state index in [0.717, 1.165) is 6.07 Å². The predicted octanol–water partition coefficient (Wildman–Crippen LogP) is 0.526. The van der Waals surface area contributed by atoms with Crippen molar-refractivity contribution in [3.8, 4) is 0 Å². The van der Waals surface area contributed by atoms with Gasteiger partial charge in [-0.05, 0) is 12.1 Å². The highest BCUT2D eigenvalue weighted by Crippen LogP contribution is 2.11. The Bertz CT molecular complexity index is 419. The highest BCUT2D eigenvalue weighted by atomic mass is 19.1. The Morgan fingerprint density at radius 2 is 2.12 bits per heavy atom. The lowest BCUT2D eigenvalue weighted by Gasteiger charge is -2.04. The standard InChI is InChI=1S/C10H10FNO4/c11-8-3-6(10(12)15)1-2-7(8)4-16-5-9(13)14/h1-3H,4-5H2,(H2,12,15)(H,13,14). The second-order valence-electron chi connectivity index (χ2n) is 3.06. The van der Waals surface area contributed by atoms with Gasteiger partial charge in [0.1, 0.15) is 12.4 Å². The van der Waals surface area contributed by atoms with Crippen molar-refractivity contribution < 1.29 is 23.8 Å². The molecular formula is C10H10FNO4. The average Bonchev–Trinajstić information content (AvgIpc) is 2.19. The van der Waals surface area contributed by atoms with Crippen LogP contribution in [0.4, 0.5) is 4.39 Å². The van der Waals surface area contributed by atoms with Crippen LogP contribution in [0.1, 0.15) is 15.9 Å². The fourth-order valence-corrected chi connectivity index (χ4v) is 1.07. The van der Waals surface area contributed by atoms with Gasteiger partial charge in [0.25, 0.3) is 0 Å². The molecule has 0 unspecified atom stereocenters. The number of carbonyl (C=O) groups is 2. The number of aliphatic carboxylic acids is 1. The van der Waals surface area contributed by atoms with Crippen molar-refractivity contribution in [2.45, 2.75) is 6.61 Å². The van der Waals surface area contributed by atoms with Gasteiger partial charge >= 0.3 is 5.97 Å². The molecule has 1 amide bonds. The molecule has 86 valence electrons. The molecule has 0 saturated heterocycles. The predicted molar refractivity (Wildman–Crippen MR) is 52.2 cm³/mol. The molecule has 5 nitrogen and oxygen atoms in total. The fourth-order valence-electron chi connectivity index (χ4n) is 1.07. The number of carbonyl (C=O) groups excluding carboxylic acids is 1. The van der Waals surface area contributed by atoms with Crippen molar-refractivity contribution >= 4 is 11.9 Å². The molecule has 0 fully saturated rings. The molecule has 0 heterocycles. The van der Waals surface area contributed by atoms with Gasteiger partial charge in [0.2, 0.25) is 5.91 Å². The molecule has 0 aliphatic carbocycles. The van der Waals surface area contributed by atoms with Crippen LogP contribution in [0.5, 0.6) is 0 Å². The molecule has 1 aromatic rings. The number of ether oxygens (including phenoxy) is 1. The van der Waals surface area contributed by atoms with Gasteiger partial charge < -0.3 is 15.6 Å². The van der Waals surface area contributed by atoms with Crippen molar-refractivity contribution in [3.05, 3.63) is 35.1 Å². The molecule has 0 aliphatic rings. The molecule has 0 saturated carbocycles. The molecule has 0 aromatic heterocycles. The summed E-state index contributed by atoms with van der Waals surface area (Å²) in [7, 11) is 0. The van der Waals surface area contributed by atoms with Crippen LogP contribution in [0.25, 0.3) is 0 Å². The fraction of sp³-hybridized carbons (Fsp3) is 0.200. The number of carboxylic acid groups (broad SMARTS) is 1. The average molecular weight is 227 g/mol. The summed E-state index contributed by atoms with van der Waals surface area (Å²) in [4.78, 5) is 20.9. The van der Waals surface area contributed by atoms with Crippen LogP contribution in [-0.4, -0.2) is 23.6 Å². The van der Waals surface area contributed by atoms with Crippen molar-refractivity contribution in [2.24, 2.45) is 5.73 Å². The zero-order chi connectivity index (χ0) is 12.1. The number of halogens is 1. The number of nitrogens with two attached hydrogens (primary N) is 1. The van der Waals surface area contributed by atoms with Crippen molar-refractivity contribution in [2.75, 3.05) is 6.61 Å². The van der Waals surface area contributed by atoms with Crippen LogP contribution in [0.2, 0.25) is 0 Å². The summed E-state index contributed by atoms with van der Waals surface area (Å²) >= 11 is 0. The van der Waals surface area contributed by atoms with Gasteiger partial charge in [-0.15, -0.1) is 0 Å². The van der Waals surface area contributed by atoms with Crippen LogP contribution >= 0.6 is 0 Å². The van der Waals surface area contributed by atoms with Gasteiger partial charge in [0.15, 0.2) is 0 Å². The van der Waals surface area contributed by atoms with E-state index in [1.807, 2.05) is 0 Å². The Morgan fingerprint density at radius 1 is 1.44 bits per heavy atom. The van der Waals surface area contributed by atoms with Crippen LogP contribution < -0.4 is 5.73 Å². The first-order valence-corrected chi connectivity index (χ1v) is 4.38. The molecule has 0 atom stereocenters. The Kier molecular flexibility index (Phi) is 3.96. The topological polar surface area (TPSA) is 89.6 Å². The van der Waals surface area contributed by atoms with Gasteiger partial charge in [-0.25, -0.2) is 9.18 Å². The molecule has 1 aromatic carbocycles. The summed E-state index contributed by atoms with van der Waals surface area (Å²) in [6.07, 6.45) is 0. The van der Waals surface area contributed by atoms with Gasteiger partial charge in [0.05, 0.1) is 6.61 Å². The molecule has 16 heavy (non-hydrogen) atoms. The number of carboxylic acids is 1. The van der Waals surface area contributed by atoms with Crippen LogP contribution in [-0.2, 0) is 16.1 Å². The molecule has 1 rings (SSSR count). The zero-order valence-electron chi connectivity index (χ0n) is 8.27. The second-order valence-corrected chi connectivity index (χ2v) is 3.06. The maximum Gasteiger partial charge on any atom is 0.329 e. The second kappa shape index (κ2) is 5.22. The van der Waals surface area contributed by atoms with E-state index in [1.165, 1.54) is 12.1 Å². The molecule has 0 spiro atoms. The first-order valence-electron chi connectivity index (χ1n) is 4.38. The SMILES string of the molecule is NC(=O)c1ccc(COCC(=O)O)c(F)c1. The van der Waals surface area contributed by atoms with E-state index in [-0.39, 0.29) is 17.7 Å². The van der Waals surface area contributed by atoms with E-state index >= 15 is 0 Å². The van der Waals surface area contributed by atoms with E-state index in [2.05, 4.69) is 0 Å². The smallest absolute Gasteiger partial charge is 0.329 e. The number of benzene rings is 1. The molecule has 0 aliphatic heterocycles. The number of primary amides is 1. The minimum absolute atomic E-state index is 0.0551. The van der Waals surface area contributed by atoms with E-state index in [0.29, 0.717) is 0 Å². The Hall–Kier alpha value is -1.95. The number of hydrogen-bond acceptors (Lipinski definition) is 3. The Labute approximate surface area is 90.6 Å². The van der Waals surface area contributed by atoms with Crippen LogP contribution in [0, 0.1) is 5.82 Å². The van der Waals surface area contributed by atoms with Gasteiger partial charge in [-0.2, -0.15) is 0 Å². The highest BCUT2D eigenvalue weighted by molar-refractivity contribution is 5.92. The van der Waals surface area contributed by atoms with E-state index in [1.54, 1.807) is 0 Å². The first-order chi connectivity index (χ1) is 7.50. The quantitative estimate of drug-likeness (QED) is 0.767. The van der Waals surface area contributed by atoms with Gasteiger partial charge in [-0.1, -0.05) is 6.07 Å². The Balaban J connectivity index is 2.68. The molecule has 3 N–H and O–H groups in total. The molecule has 0 radical (unpaired) electrons. The summed E-state index contributed by atoms with van der Waals surface area (Å²) in [5, 5.41) is 8.30. The largest absolute Gasteiger partial charge is 0.480 e. The lowest BCUT2D eigenvalue weighted by molar-refractivity contribution is -0.142. The lowest BCUT2D eigenvalue weighted by Crippen LogP contribution is -2.12. The minimum Gasteiger partial charge on any atom is -0.480 e. The van der Waals surface area contributed by atoms with Crippen molar-refractivity contribution in [1.29, 1.82) is 0 Å². The summed E-state index contributed by atoms with van der Waals surface area (Å²) in [6.45, 7) is -0.672. The normalized spacial score (nSPS) is 10.1. The van der Waals surface area contributed by atoms with Gasteiger partial charge in [-0.3, -0.25) is 4.79 Å². The summed E-state index contributed by atoms with van der Waals surface area (Å²) in [5.41, 5.74) is 5.19. The van der Waals surface area contributed by atoms with E-state index < -0.39 is 24.3 Å². The van der Waals surface area contributed by atoms with E-state index in [4.69, 9.17) is 15.6 Å². The third-order valence-electron chi connectivity index (χ3n) is 1.82. The van der Waals surface area contributed by atoms with Crippen LogP contribution in [0.15, 0.2) is 18.2 Å². The van der Waals surface area contributed by atoms with Crippen molar-refractivity contribution in [3.63, 3.8) is 0 Å².